The zero-order chi connectivity index (χ0) is 18.8. The van der Waals surface area contributed by atoms with E-state index in [-0.39, 0.29) is 12.5 Å². The Morgan fingerprint density at radius 3 is 2.59 bits per heavy atom. The summed E-state index contributed by atoms with van der Waals surface area (Å²) < 4.78 is 0. The lowest BCUT2D eigenvalue weighted by molar-refractivity contribution is -0.135. The average molecular weight is 367 g/mol. The van der Waals surface area contributed by atoms with Gasteiger partial charge in [-0.3, -0.25) is 4.79 Å². The Hall–Kier alpha value is -2.24. The molecule has 1 saturated heterocycles. The number of piperidine rings is 1. The summed E-state index contributed by atoms with van der Waals surface area (Å²) in [5, 5.41) is 12.6. The first-order chi connectivity index (χ1) is 13.1. The first-order valence-electron chi connectivity index (χ1n) is 10.3. The molecule has 144 valence electrons. The molecular weight excluding hydrogens is 338 g/mol. The normalized spacial score (nSPS) is 22.7. The highest BCUT2D eigenvalue weighted by Gasteiger charge is 2.33. The van der Waals surface area contributed by atoms with Crippen molar-refractivity contribution in [2.75, 3.05) is 13.1 Å². The van der Waals surface area contributed by atoms with Gasteiger partial charge >= 0.3 is 0 Å². The molecule has 1 aromatic carbocycles. The zero-order valence-corrected chi connectivity index (χ0v) is 16.3. The van der Waals surface area contributed by atoms with Gasteiger partial charge in [0.2, 0.25) is 11.7 Å². The monoisotopic (exact) mass is 367 g/mol. The number of carbonyl (C=O) groups is 1. The number of aromatic nitrogens is 4. The molecular formula is C21H29N5O. The van der Waals surface area contributed by atoms with Crippen molar-refractivity contribution >= 4 is 5.91 Å². The Kier molecular flexibility index (Phi) is 5.23. The molecule has 0 N–H and O–H groups in total. The van der Waals surface area contributed by atoms with Crippen LogP contribution in [-0.4, -0.2) is 44.1 Å². The van der Waals surface area contributed by atoms with Crippen LogP contribution in [0, 0.1) is 11.8 Å². The molecule has 2 aliphatic rings. The van der Waals surface area contributed by atoms with Crippen molar-refractivity contribution in [3.63, 3.8) is 0 Å². The summed E-state index contributed by atoms with van der Waals surface area (Å²) in [4.78, 5) is 16.1. The Bertz CT molecular complexity index is 782. The highest BCUT2D eigenvalue weighted by Crippen LogP contribution is 2.36. The van der Waals surface area contributed by atoms with E-state index in [0.29, 0.717) is 17.7 Å². The third kappa shape index (κ3) is 4.04. The summed E-state index contributed by atoms with van der Waals surface area (Å²) in [5.41, 5.74) is 2.22. The lowest BCUT2D eigenvalue weighted by atomic mass is 9.75. The van der Waals surface area contributed by atoms with E-state index in [0.717, 1.165) is 31.0 Å². The van der Waals surface area contributed by atoms with Crippen molar-refractivity contribution < 1.29 is 4.79 Å². The zero-order valence-electron chi connectivity index (χ0n) is 16.3. The molecule has 1 aliphatic carbocycles. The standard InChI is InChI=1S/C21H29N5O/c1-15(2)16-7-9-18(10-8-16)21-22-24-26(23-21)14-20(27)25-12-11-17-5-3-4-6-19(17)13-25/h7-10,15,17,19H,3-6,11-14H2,1-2H3/t17-,19+/m1/s1. The molecule has 2 aromatic rings. The van der Waals surface area contributed by atoms with Crippen LogP contribution in [0.3, 0.4) is 0 Å². The fraction of sp³-hybridized carbons (Fsp3) is 0.619. The third-order valence-corrected chi connectivity index (χ3v) is 6.21. The van der Waals surface area contributed by atoms with E-state index < -0.39 is 0 Å². The Morgan fingerprint density at radius 2 is 1.85 bits per heavy atom. The van der Waals surface area contributed by atoms with Crippen molar-refractivity contribution in [2.45, 2.75) is 58.4 Å². The number of tetrazole rings is 1. The van der Waals surface area contributed by atoms with Crippen LogP contribution in [-0.2, 0) is 11.3 Å². The number of benzene rings is 1. The molecule has 0 radical (unpaired) electrons. The van der Waals surface area contributed by atoms with Crippen LogP contribution in [0.1, 0.15) is 57.4 Å². The summed E-state index contributed by atoms with van der Waals surface area (Å²) >= 11 is 0. The highest BCUT2D eigenvalue weighted by atomic mass is 16.2. The van der Waals surface area contributed by atoms with Gasteiger partial charge in [-0.25, -0.2) is 0 Å². The van der Waals surface area contributed by atoms with Gasteiger partial charge in [0.05, 0.1) is 0 Å². The van der Waals surface area contributed by atoms with Crippen molar-refractivity contribution in [1.29, 1.82) is 0 Å². The summed E-state index contributed by atoms with van der Waals surface area (Å²) in [7, 11) is 0. The van der Waals surface area contributed by atoms with E-state index in [1.807, 2.05) is 17.0 Å². The molecule has 4 rings (SSSR count). The fourth-order valence-corrected chi connectivity index (χ4v) is 4.49. The van der Waals surface area contributed by atoms with Crippen LogP contribution in [0.2, 0.25) is 0 Å². The maximum atomic E-state index is 12.7. The Balaban J connectivity index is 1.38. The van der Waals surface area contributed by atoms with E-state index >= 15 is 0 Å². The smallest absolute Gasteiger partial charge is 0.246 e. The lowest BCUT2D eigenvalue weighted by Crippen LogP contribution is -2.46. The second kappa shape index (κ2) is 7.79. The van der Waals surface area contributed by atoms with Gasteiger partial charge in [-0.1, -0.05) is 57.4 Å². The molecule has 1 aromatic heterocycles. The van der Waals surface area contributed by atoms with Gasteiger partial charge in [-0.05, 0) is 41.4 Å². The van der Waals surface area contributed by atoms with E-state index in [1.165, 1.54) is 36.0 Å². The first kappa shape index (κ1) is 18.1. The molecule has 2 atom stereocenters. The molecule has 2 heterocycles. The predicted molar refractivity (Wildman–Crippen MR) is 104 cm³/mol. The largest absolute Gasteiger partial charge is 0.341 e. The minimum Gasteiger partial charge on any atom is -0.341 e. The molecule has 6 heteroatoms. The van der Waals surface area contributed by atoms with Crippen LogP contribution in [0.4, 0.5) is 0 Å². The molecule has 1 aliphatic heterocycles. The van der Waals surface area contributed by atoms with Gasteiger partial charge in [0, 0.05) is 18.7 Å². The number of amides is 1. The molecule has 6 nitrogen and oxygen atoms in total. The van der Waals surface area contributed by atoms with Gasteiger partial charge in [-0.15, -0.1) is 10.2 Å². The number of hydrogen-bond donors (Lipinski definition) is 0. The van der Waals surface area contributed by atoms with E-state index in [4.69, 9.17) is 0 Å². The van der Waals surface area contributed by atoms with Gasteiger partial charge in [0.15, 0.2) is 0 Å². The van der Waals surface area contributed by atoms with Crippen LogP contribution < -0.4 is 0 Å². The van der Waals surface area contributed by atoms with E-state index in [9.17, 15) is 4.79 Å². The second-order valence-electron chi connectivity index (χ2n) is 8.35. The molecule has 27 heavy (non-hydrogen) atoms. The summed E-state index contributed by atoms with van der Waals surface area (Å²) in [6.45, 7) is 6.30. The minimum absolute atomic E-state index is 0.109. The predicted octanol–water partition coefficient (Wildman–Crippen LogP) is 3.50. The van der Waals surface area contributed by atoms with Gasteiger partial charge in [0.25, 0.3) is 0 Å². The second-order valence-corrected chi connectivity index (χ2v) is 8.35. The lowest BCUT2D eigenvalue weighted by Gasteiger charge is -2.41. The Labute approximate surface area is 160 Å². The number of hydrogen-bond acceptors (Lipinski definition) is 4. The average Bonchev–Trinajstić information content (AvgIpc) is 3.16. The summed E-state index contributed by atoms with van der Waals surface area (Å²) in [6, 6.07) is 8.24. The SMILES string of the molecule is CC(C)c1ccc(-c2nnn(CC(=O)N3CC[C@H]4CCCC[C@H]4C3)n2)cc1. The van der Waals surface area contributed by atoms with Crippen LogP contribution in [0.25, 0.3) is 11.4 Å². The molecule has 1 saturated carbocycles. The summed E-state index contributed by atoms with van der Waals surface area (Å²) in [5.74, 6) is 2.69. The summed E-state index contributed by atoms with van der Waals surface area (Å²) in [6.07, 6.45) is 6.43. The van der Waals surface area contributed by atoms with Gasteiger partial charge < -0.3 is 4.90 Å². The number of rotatable bonds is 4. The molecule has 0 spiro atoms. The van der Waals surface area contributed by atoms with Crippen LogP contribution in [0.5, 0.6) is 0 Å². The molecule has 0 unspecified atom stereocenters. The Morgan fingerprint density at radius 1 is 1.11 bits per heavy atom. The van der Waals surface area contributed by atoms with Crippen molar-refractivity contribution in [3.8, 4) is 11.4 Å². The molecule has 1 amide bonds. The number of likely N-dealkylation sites (tertiary alicyclic amines) is 1. The fourth-order valence-electron chi connectivity index (χ4n) is 4.49. The maximum absolute atomic E-state index is 12.7. The highest BCUT2D eigenvalue weighted by molar-refractivity contribution is 5.76. The van der Waals surface area contributed by atoms with E-state index in [1.54, 1.807) is 0 Å². The van der Waals surface area contributed by atoms with Crippen molar-refractivity contribution in [3.05, 3.63) is 29.8 Å². The topological polar surface area (TPSA) is 63.9 Å². The number of carbonyl (C=O) groups excluding carboxylic acids is 1. The van der Waals surface area contributed by atoms with E-state index in [2.05, 4.69) is 41.4 Å². The number of nitrogens with zero attached hydrogens (tertiary/aromatic N) is 5. The minimum atomic E-state index is 0.109. The third-order valence-electron chi connectivity index (χ3n) is 6.21. The van der Waals surface area contributed by atoms with Crippen LogP contribution >= 0.6 is 0 Å². The van der Waals surface area contributed by atoms with Gasteiger partial charge in [-0.2, -0.15) is 4.80 Å². The van der Waals surface area contributed by atoms with Crippen molar-refractivity contribution in [1.82, 2.24) is 25.1 Å². The molecule has 2 fully saturated rings. The van der Waals surface area contributed by atoms with Gasteiger partial charge in [0.1, 0.15) is 6.54 Å². The maximum Gasteiger partial charge on any atom is 0.246 e. The molecule has 0 bridgehead atoms. The number of fused-ring (bicyclic) bond motifs is 1. The quantitative estimate of drug-likeness (QED) is 0.830. The van der Waals surface area contributed by atoms with Crippen molar-refractivity contribution in [2.24, 2.45) is 11.8 Å². The van der Waals surface area contributed by atoms with Crippen LogP contribution in [0.15, 0.2) is 24.3 Å². The first-order valence-corrected chi connectivity index (χ1v) is 10.3.